The number of carbonyl (C=O) groups excluding carboxylic acids is 1. The third-order valence-corrected chi connectivity index (χ3v) is 7.76. The molecule has 0 fully saturated rings. The lowest BCUT2D eigenvalue weighted by Crippen LogP contribution is -2.27. The number of aromatic amines is 1. The van der Waals surface area contributed by atoms with Crippen LogP contribution in [0.1, 0.15) is 33.9 Å². The Morgan fingerprint density at radius 2 is 1.62 bits per heavy atom. The van der Waals surface area contributed by atoms with Gasteiger partial charge in [0, 0.05) is 37.4 Å². The maximum atomic E-state index is 13.7. The number of halogens is 3. The molecule has 1 aliphatic rings. The summed E-state index contributed by atoms with van der Waals surface area (Å²) in [6.45, 7) is 0. The molecule has 5 aromatic rings. The number of benzene rings is 4. The molecule has 1 aromatic heterocycles. The van der Waals surface area contributed by atoms with Crippen molar-refractivity contribution in [2.24, 2.45) is 5.10 Å². The highest BCUT2D eigenvalue weighted by atomic mass is 79.9. The van der Waals surface area contributed by atoms with E-state index in [2.05, 4.69) is 36.8 Å². The molecule has 0 spiro atoms. The lowest BCUT2D eigenvalue weighted by molar-refractivity contribution is 0.0711. The third kappa shape index (κ3) is 4.86. The third-order valence-electron chi connectivity index (χ3n) is 6.77. The Morgan fingerprint density at radius 1 is 0.872 bits per heavy atom. The minimum Gasteiger partial charge on any atom is -0.321 e. The van der Waals surface area contributed by atoms with Gasteiger partial charge >= 0.3 is 0 Å². The fraction of sp³-hybridized carbons (Fsp3) is 0.0645. The van der Waals surface area contributed by atoms with Gasteiger partial charge in [0.2, 0.25) is 0 Å². The van der Waals surface area contributed by atoms with Crippen molar-refractivity contribution in [3.05, 3.63) is 139 Å². The molecule has 6 rings (SSSR count). The first kappa shape index (κ1) is 25.4. The van der Waals surface area contributed by atoms with E-state index in [9.17, 15) is 14.0 Å². The molecule has 39 heavy (non-hydrogen) atoms. The average Bonchev–Trinajstić information content (AvgIpc) is 3.38. The fourth-order valence-electron chi connectivity index (χ4n) is 4.99. The normalized spacial score (nSPS) is 15.0. The summed E-state index contributed by atoms with van der Waals surface area (Å²) in [7, 11) is 0. The number of fused-ring (bicyclic) bond motifs is 1. The molecule has 192 valence electrons. The summed E-state index contributed by atoms with van der Waals surface area (Å²) in [4.78, 5) is 30.4. The molecular weight excluding hydrogens is 625 g/mol. The second-order valence-electron chi connectivity index (χ2n) is 9.24. The first-order valence-corrected chi connectivity index (χ1v) is 13.8. The van der Waals surface area contributed by atoms with Crippen LogP contribution in [0, 0.1) is 5.82 Å². The SMILES string of the molecule is O=C(c1ccc(F)cc1)N1N=C(c2c(-c3ccccc3)c3cc(Br)ccc3[nH]c2=O)CC1c1cccc(Br)c1. The van der Waals surface area contributed by atoms with Crippen molar-refractivity contribution in [2.75, 3.05) is 0 Å². The van der Waals surface area contributed by atoms with Gasteiger partial charge in [-0.2, -0.15) is 5.10 Å². The first-order valence-electron chi connectivity index (χ1n) is 12.2. The number of hydrogen-bond acceptors (Lipinski definition) is 3. The van der Waals surface area contributed by atoms with Crippen LogP contribution in [-0.2, 0) is 0 Å². The van der Waals surface area contributed by atoms with Gasteiger partial charge in [-0.3, -0.25) is 9.59 Å². The molecule has 0 bridgehead atoms. The topological polar surface area (TPSA) is 65.5 Å². The van der Waals surface area contributed by atoms with Crippen molar-refractivity contribution in [2.45, 2.75) is 12.5 Å². The minimum absolute atomic E-state index is 0.286. The fourth-order valence-corrected chi connectivity index (χ4v) is 5.77. The van der Waals surface area contributed by atoms with E-state index in [4.69, 9.17) is 5.10 Å². The van der Waals surface area contributed by atoms with Crippen molar-refractivity contribution in [3.63, 3.8) is 0 Å². The summed E-state index contributed by atoms with van der Waals surface area (Å²) < 4.78 is 15.3. The van der Waals surface area contributed by atoms with E-state index in [1.807, 2.05) is 72.8 Å². The molecule has 0 aliphatic carbocycles. The largest absolute Gasteiger partial charge is 0.321 e. The van der Waals surface area contributed by atoms with Gasteiger partial charge in [0.05, 0.1) is 17.3 Å². The molecule has 1 amide bonds. The standard InChI is InChI=1S/C31H20Br2FN3O2/c32-21-8-4-7-20(15-21)27-17-26(36-37(27)31(39)19-9-12-23(34)13-10-19)29-28(18-5-2-1-3-6-18)24-16-22(33)11-14-25(24)35-30(29)38/h1-16,27H,17H2,(H,35,38). The number of carbonyl (C=O) groups is 1. The van der Waals surface area contributed by atoms with Gasteiger partial charge in [-0.05, 0) is 65.7 Å². The predicted octanol–water partition coefficient (Wildman–Crippen LogP) is 7.85. The van der Waals surface area contributed by atoms with Crippen LogP contribution in [0.15, 0.2) is 116 Å². The van der Waals surface area contributed by atoms with E-state index in [-0.39, 0.29) is 11.5 Å². The Bertz CT molecular complexity index is 1820. The minimum atomic E-state index is -0.462. The van der Waals surface area contributed by atoms with E-state index in [1.54, 1.807) is 0 Å². The van der Waals surface area contributed by atoms with Crippen molar-refractivity contribution >= 4 is 54.4 Å². The van der Waals surface area contributed by atoms with Crippen LogP contribution in [-0.4, -0.2) is 21.6 Å². The van der Waals surface area contributed by atoms with Crippen molar-refractivity contribution in [1.29, 1.82) is 0 Å². The molecule has 4 aromatic carbocycles. The molecule has 1 unspecified atom stereocenters. The van der Waals surface area contributed by atoms with E-state index < -0.39 is 11.9 Å². The van der Waals surface area contributed by atoms with Gasteiger partial charge in [-0.1, -0.05) is 74.3 Å². The number of H-pyrrole nitrogens is 1. The lowest BCUT2D eigenvalue weighted by atomic mass is 9.91. The number of amides is 1. The summed E-state index contributed by atoms with van der Waals surface area (Å²) in [6, 6.07) is 28.0. The average molecular weight is 645 g/mol. The van der Waals surface area contributed by atoms with Crippen LogP contribution in [0.2, 0.25) is 0 Å². The molecule has 1 atom stereocenters. The van der Waals surface area contributed by atoms with Crippen LogP contribution < -0.4 is 5.56 Å². The smallest absolute Gasteiger partial charge is 0.274 e. The van der Waals surface area contributed by atoms with Gasteiger partial charge < -0.3 is 4.98 Å². The van der Waals surface area contributed by atoms with Gasteiger partial charge in [-0.25, -0.2) is 9.40 Å². The van der Waals surface area contributed by atoms with Crippen LogP contribution in [0.5, 0.6) is 0 Å². The highest BCUT2D eigenvalue weighted by Gasteiger charge is 2.36. The summed E-state index contributed by atoms with van der Waals surface area (Å²) >= 11 is 7.09. The highest BCUT2D eigenvalue weighted by molar-refractivity contribution is 9.10. The molecule has 8 heteroatoms. The van der Waals surface area contributed by atoms with Gasteiger partial charge in [0.25, 0.3) is 11.5 Å². The molecule has 1 N–H and O–H groups in total. The summed E-state index contributed by atoms with van der Waals surface area (Å²) in [5, 5.41) is 7.04. The Hall–Kier alpha value is -3.88. The Kier molecular flexibility index (Phi) is 6.74. The van der Waals surface area contributed by atoms with Crippen LogP contribution in [0.4, 0.5) is 4.39 Å². The molecule has 1 aliphatic heterocycles. The van der Waals surface area contributed by atoms with Crippen molar-refractivity contribution in [1.82, 2.24) is 9.99 Å². The highest BCUT2D eigenvalue weighted by Crippen LogP contribution is 2.38. The maximum Gasteiger partial charge on any atom is 0.274 e. The molecule has 5 nitrogen and oxygen atoms in total. The van der Waals surface area contributed by atoms with Gasteiger partial charge in [-0.15, -0.1) is 0 Å². The number of aromatic nitrogens is 1. The number of rotatable bonds is 4. The first-order chi connectivity index (χ1) is 18.9. The number of nitrogens with one attached hydrogen (secondary N) is 1. The second-order valence-corrected chi connectivity index (χ2v) is 11.1. The zero-order valence-corrected chi connectivity index (χ0v) is 23.5. The van der Waals surface area contributed by atoms with E-state index in [0.717, 1.165) is 31.0 Å². The monoisotopic (exact) mass is 643 g/mol. The van der Waals surface area contributed by atoms with Crippen molar-refractivity contribution in [3.8, 4) is 11.1 Å². The predicted molar refractivity (Wildman–Crippen MR) is 158 cm³/mol. The Labute approximate surface area is 240 Å². The van der Waals surface area contributed by atoms with Crippen LogP contribution in [0.3, 0.4) is 0 Å². The molecule has 0 saturated carbocycles. The molecular formula is C31H20Br2FN3O2. The lowest BCUT2D eigenvalue weighted by Gasteiger charge is -2.22. The Morgan fingerprint density at radius 3 is 2.36 bits per heavy atom. The zero-order valence-electron chi connectivity index (χ0n) is 20.4. The molecule has 0 radical (unpaired) electrons. The van der Waals surface area contributed by atoms with E-state index in [0.29, 0.717) is 28.8 Å². The van der Waals surface area contributed by atoms with E-state index in [1.165, 1.54) is 29.3 Å². The molecule has 2 heterocycles. The molecule has 0 saturated heterocycles. The number of hydrazone groups is 1. The number of hydrogen-bond donors (Lipinski definition) is 1. The quantitative estimate of drug-likeness (QED) is 0.217. The summed E-state index contributed by atoms with van der Waals surface area (Å²) in [5.41, 5.74) is 4.11. The van der Waals surface area contributed by atoms with E-state index >= 15 is 0 Å². The van der Waals surface area contributed by atoms with Crippen LogP contribution in [0.25, 0.3) is 22.0 Å². The summed E-state index contributed by atoms with van der Waals surface area (Å²) in [5.74, 6) is -0.807. The van der Waals surface area contributed by atoms with Gasteiger partial charge in [0.15, 0.2) is 0 Å². The number of nitrogens with zero attached hydrogens (tertiary/aromatic N) is 2. The summed E-state index contributed by atoms with van der Waals surface area (Å²) in [6.07, 6.45) is 0.325. The second kappa shape index (κ2) is 10.4. The van der Waals surface area contributed by atoms with Crippen LogP contribution >= 0.6 is 31.9 Å². The van der Waals surface area contributed by atoms with Crippen molar-refractivity contribution < 1.29 is 9.18 Å². The maximum absolute atomic E-state index is 13.7. The number of pyridine rings is 1. The Balaban J connectivity index is 1.57. The van der Waals surface area contributed by atoms with Gasteiger partial charge in [0.1, 0.15) is 5.82 Å². The zero-order chi connectivity index (χ0) is 27.1.